The van der Waals surface area contributed by atoms with Gasteiger partial charge in [0.1, 0.15) is 0 Å². The van der Waals surface area contributed by atoms with E-state index in [0.29, 0.717) is 12.1 Å². The number of benzene rings is 1. The Kier molecular flexibility index (Phi) is 5.11. The highest BCUT2D eigenvalue weighted by molar-refractivity contribution is 7.92. The highest BCUT2D eigenvalue weighted by Gasteiger charge is 2.09. The summed E-state index contributed by atoms with van der Waals surface area (Å²) in [6, 6.07) is 4.97. The van der Waals surface area contributed by atoms with Crippen LogP contribution in [0.15, 0.2) is 24.3 Å². The van der Waals surface area contributed by atoms with Gasteiger partial charge >= 0.3 is 5.97 Å². The Labute approximate surface area is 113 Å². The second-order valence-corrected chi connectivity index (χ2v) is 6.01. The van der Waals surface area contributed by atoms with Gasteiger partial charge in [0, 0.05) is 11.8 Å². The molecule has 0 atom stereocenters. The third-order valence-electron chi connectivity index (χ3n) is 2.42. The lowest BCUT2D eigenvalue weighted by molar-refractivity contribution is -0.131. The van der Waals surface area contributed by atoms with Crippen molar-refractivity contribution in [2.75, 3.05) is 10.5 Å². The standard InChI is InChI=1S/C13H17NO4S/c1-3-8-19(17,18)14-12-6-4-11(10(2)9-12)5-7-13(15)16/h4-7,9,14H,3,8H2,1-2H3,(H,15,16). The maximum Gasteiger partial charge on any atom is 0.328 e. The van der Waals surface area contributed by atoms with Crippen LogP contribution < -0.4 is 4.72 Å². The molecule has 0 saturated carbocycles. The Balaban J connectivity index is 2.91. The topological polar surface area (TPSA) is 83.5 Å². The molecule has 6 heteroatoms. The van der Waals surface area contributed by atoms with Gasteiger partial charge in [-0.05, 0) is 42.7 Å². The molecule has 0 radical (unpaired) electrons. The average molecular weight is 283 g/mol. The molecule has 0 fully saturated rings. The van der Waals surface area contributed by atoms with Crippen LogP contribution in [-0.2, 0) is 14.8 Å². The molecule has 0 bridgehead atoms. The van der Waals surface area contributed by atoms with Crippen LogP contribution in [0.1, 0.15) is 24.5 Å². The van der Waals surface area contributed by atoms with Gasteiger partial charge < -0.3 is 5.11 Å². The van der Waals surface area contributed by atoms with Crippen molar-refractivity contribution in [2.45, 2.75) is 20.3 Å². The number of anilines is 1. The Hall–Kier alpha value is -1.82. The fourth-order valence-electron chi connectivity index (χ4n) is 1.59. The Morgan fingerprint density at radius 2 is 2.11 bits per heavy atom. The van der Waals surface area contributed by atoms with Gasteiger partial charge in [-0.2, -0.15) is 0 Å². The molecule has 0 aromatic heterocycles. The van der Waals surface area contributed by atoms with E-state index >= 15 is 0 Å². The molecule has 1 rings (SSSR count). The summed E-state index contributed by atoms with van der Waals surface area (Å²) in [4.78, 5) is 10.4. The van der Waals surface area contributed by atoms with E-state index in [2.05, 4.69) is 4.72 Å². The van der Waals surface area contributed by atoms with Crippen molar-refractivity contribution in [3.63, 3.8) is 0 Å². The third-order valence-corrected chi connectivity index (χ3v) is 3.91. The smallest absolute Gasteiger partial charge is 0.328 e. The first kappa shape index (κ1) is 15.2. The Morgan fingerprint density at radius 3 is 2.63 bits per heavy atom. The monoisotopic (exact) mass is 283 g/mol. The van der Waals surface area contributed by atoms with Gasteiger partial charge in [-0.25, -0.2) is 13.2 Å². The molecule has 0 saturated heterocycles. The highest BCUT2D eigenvalue weighted by Crippen LogP contribution is 2.17. The molecule has 0 unspecified atom stereocenters. The highest BCUT2D eigenvalue weighted by atomic mass is 32.2. The number of sulfonamides is 1. The Bertz CT molecular complexity index is 591. The molecular formula is C13H17NO4S. The van der Waals surface area contributed by atoms with Crippen molar-refractivity contribution in [3.05, 3.63) is 35.4 Å². The fraction of sp³-hybridized carbons (Fsp3) is 0.308. The molecular weight excluding hydrogens is 266 g/mol. The van der Waals surface area contributed by atoms with Crippen molar-refractivity contribution in [1.29, 1.82) is 0 Å². The van der Waals surface area contributed by atoms with Crippen molar-refractivity contribution >= 4 is 27.8 Å². The van der Waals surface area contributed by atoms with Gasteiger partial charge in [-0.1, -0.05) is 13.0 Å². The van der Waals surface area contributed by atoms with Crippen molar-refractivity contribution in [1.82, 2.24) is 0 Å². The molecule has 1 aromatic carbocycles. The van der Waals surface area contributed by atoms with Gasteiger partial charge in [-0.15, -0.1) is 0 Å². The van der Waals surface area contributed by atoms with Crippen molar-refractivity contribution in [3.8, 4) is 0 Å². The minimum atomic E-state index is -3.30. The minimum Gasteiger partial charge on any atom is -0.478 e. The second kappa shape index (κ2) is 6.38. The summed E-state index contributed by atoms with van der Waals surface area (Å²) in [6.45, 7) is 3.59. The summed E-state index contributed by atoms with van der Waals surface area (Å²) in [5.74, 6) is -0.945. The molecule has 0 aliphatic rings. The van der Waals surface area contributed by atoms with E-state index in [1.54, 1.807) is 32.0 Å². The summed E-state index contributed by atoms with van der Waals surface area (Å²) in [5.41, 5.74) is 2.02. The van der Waals surface area contributed by atoms with Crippen LogP contribution in [0.25, 0.3) is 6.08 Å². The number of aryl methyl sites for hydroxylation is 1. The van der Waals surface area contributed by atoms with Crippen LogP contribution in [-0.4, -0.2) is 25.2 Å². The van der Waals surface area contributed by atoms with Crippen LogP contribution in [0.4, 0.5) is 5.69 Å². The van der Waals surface area contributed by atoms with E-state index in [4.69, 9.17) is 5.11 Å². The first-order valence-corrected chi connectivity index (χ1v) is 7.51. The van der Waals surface area contributed by atoms with Crippen LogP contribution >= 0.6 is 0 Å². The molecule has 2 N–H and O–H groups in total. The van der Waals surface area contributed by atoms with Crippen molar-refractivity contribution < 1.29 is 18.3 Å². The van der Waals surface area contributed by atoms with E-state index in [0.717, 1.165) is 17.2 Å². The molecule has 0 spiro atoms. The van der Waals surface area contributed by atoms with Gasteiger partial charge in [0.15, 0.2) is 0 Å². The van der Waals surface area contributed by atoms with E-state index in [1.165, 1.54) is 6.08 Å². The number of nitrogens with one attached hydrogen (secondary N) is 1. The minimum absolute atomic E-state index is 0.0761. The molecule has 0 aliphatic carbocycles. The van der Waals surface area contributed by atoms with E-state index < -0.39 is 16.0 Å². The van der Waals surface area contributed by atoms with E-state index in [9.17, 15) is 13.2 Å². The lowest BCUT2D eigenvalue weighted by Gasteiger charge is -2.09. The number of hydrogen-bond donors (Lipinski definition) is 2. The van der Waals surface area contributed by atoms with Crippen LogP contribution in [0, 0.1) is 6.92 Å². The van der Waals surface area contributed by atoms with Crippen LogP contribution in [0.2, 0.25) is 0 Å². The molecule has 0 aliphatic heterocycles. The van der Waals surface area contributed by atoms with Gasteiger partial charge in [0.25, 0.3) is 0 Å². The number of rotatable bonds is 6. The van der Waals surface area contributed by atoms with E-state index in [1.807, 2.05) is 0 Å². The number of carbonyl (C=O) groups is 1. The van der Waals surface area contributed by atoms with Gasteiger partial charge in [0.2, 0.25) is 10.0 Å². The summed E-state index contributed by atoms with van der Waals surface area (Å²) >= 11 is 0. The average Bonchev–Trinajstić information content (AvgIpc) is 2.26. The molecule has 0 amide bonds. The zero-order valence-corrected chi connectivity index (χ0v) is 11.7. The normalized spacial score (nSPS) is 11.7. The molecule has 104 valence electrons. The molecule has 5 nitrogen and oxygen atoms in total. The third kappa shape index (κ3) is 5.13. The molecule has 19 heavy (non-hydrogen) atoms. The Morgan fingerprint density at radius 1 is 1.42 bits per heavy atom. The van der Waals surface area contributed by atoms with Gasteiger partial charge in [0.05, 0.1) is 5.75 Å². The predicted octanol–water partition coefficient (Wildman–Crippen LogP) is 2.24. The number of hydrogen-bond acceptors (Lipinski definition) is 3. The SMILES string of the molecule is CCCS(=O)(=O)Nc1ccc(C=CC(=O)O)c(C)c1. The number of carboxylic acid groups (broad SMARTS) is 1. The second-order valence-electron chi connectivity index (χ2n) is 4.16. The van der Waals surface area contributed by atoms with Crippen LogP contribution in [0.5, 0.6) is 0 Å². The summed E-state index contributed by atoms with van der Waals surface area (Å²) in [7, 11) is -3.30. The first-order valence-electron chi connectivity index (χ1n) is 5.86. The number of aliphatic carboxylic acids is 1. The lowest BCUT2D eigenvalue weighted by Crippen LogP contribution is -2.16. The quantitative estimate of drug-likeness (QED) is 0.784. The zero-order valence-electron chi connectivity index (χ0n) is 10.9. The van der Waals surface area contributed by atoms with Crippen LogP contribution in [0.3, 0.4) is 0 Å². The lowest BCUT2D eigenvalue weighted by atomic mass is 10.1. The predicted molar refractivity (Wildman–Crippen MR) is 75.5 cm³/mol. The van der Waals surface area contributed by atoms with E-state index in [-0.39, 0.29) is 5.75 Å². The van der Waals surface area contributed by atoms with Gasteiger partial charge in [-0.3, -0.25) is 4.72 Å². The summed E-state index contributed by atoms with van der Waals surface area (Å²) in [6.07, 6.45) is 3.07. The molecule has 0 heterocycles. The summed E-state index contributed by atoms with van der Waals surface area (Å²) in [5, 5.41) is 8.55. The van der Waals surface area contributed by atoms with Crippen molar-refractivity contribution in [2.24, 2.45) is 0 Å². The maximum absolute atomic E-state index is 11.6. The fourth-order valence-corrected chi connectivity index (χ4v) is 2.71. The maximum atomic E-state index is 11.6. The number of carboxylic acids is 1. The molecule has 1 aromatic rings. The largest absolute Gasteiger partial charge is 0.478 e. The summed E-state index contributed by atoms with van der Waals surface area (Å²) < 4.78 is 25.7. The first-order chi connectivity index (χ1) is 8.84. The zero-order chi connectivity index (χ0) is 14.5.